The molecule has 158 valence electrons. The molecule has 1 N–H and O–H groups in total. The molecular formula is C21H19F3N2O4. The average molecular weight is 420 g/mol. The highest BCUT2D eigenvalue weighted by Crippen LogP contribution is 2.36. The molecule has 2 amide bonds. The Labute approximate surface area is 170 Å². The molecule has 2 aromatic carbocycles. The second-order valence-electron chi connectivity index (χ2n) is 6.73. The van der Waals surface area contributed by atoms with Crippen LogP contribution in [0.5, 0.6) is 5.75 Å². The highest BCUT2D eigenvalue weighted by atomic mass is 19.4. The Morgan fingerprint density at radius 1 is 1.07 bits per heavy atom. The van der Waals surface area contributed by atoms with E-state index in [4.69, 9.17) is 0 Å². The molecule has 0 saturated carbocycles. The monoisotopic (exact) mass is 420 g/mol. The van der Waals surface area contributed by atoms with E-state index in [0.717, 1.165) is 22.6 Å². The fraction of sp³-hybridized carbons (Fsp3) is 0.238. The number of imide groups is 1. The Kier molecular flexibility index (Phi) is 5.84. The quantitative estimate of drug-likeness (QED) is 0.728. The summed E-state index contributed by atoms with van der Waals surface area (Å²) in [6.07, 6.45) is -4.91. The summed E-state index contributed by atoms with van der Waals surface area (Å²) in [6.45, 7) is 1.71. The molecule has 0 saturated heterocycles. The van der Waals surface area contributed by atoms with E-state index < -0.39 is 23.9 Å². The first-order chi connectivity index (χ1) is 14.1. The third-order valence-corrected chi connectivity index (χ3v) is 4.53. The number of carbonyl (C=O) groups is 2. The minimum absolute atomic E-state index is 0.0521. The predicted molar refractivity (Wildman–Crippen MR) is 103 cm³/mol. The lowest BCUT2D eigenvalue weighted by molar-refractivity contribution is -0.274. The van der Waals surface area contributed by atoms with Crippen LogP contribution >= 0.6 is 0 Å². The van der Waals surface area contributed by atoms with Crippen molar-refractivity contribution in [3.05, 3.63) is 65.4 Å². The Morgan fingerprint density at radius 3 is 2.33 bits per heavy atom. The van der Waals surface area contributed by atoms with E-state index >= 15 is 0 Å². The number of aliphatic hydroxyl groups is 1. The van der Waals surface area contributed by atoms with Crippen molar-refractivity contribution in [2.24, 2.45) is 0 Å². The van der Waals surface area contributed by atoms with Crippen molar-refractivity contribution in [2.45, 2.75) is 13.3 Å². The lowest BCUT2D eigenvalue weighted by atomic mass is 10.0. The van der Waals surface area contributed by atoms with Crippen molar-refractivity contribution in [3.63, 3.8) is 0 Å². The molecule has 30 heavy (non-hydrogen) atoms. The van der Waals surface area contributed by atoms with Gasteiger partial charge in [0.2, 0.25) is 0 Å². The van der Waals surface area contributed by atoms with Crippen LogP contribution in [0, 0.1) is 6.92 Å². The molecule has 0 atom stereocenters. The smallest absolute Gasteiger partial charge is 0.406 e. The number of halogens is 3. The molecule has 2 aromatic rings. The van der Waals surface area contributed by atoms with Crippen LogP contribution in [0.15, 0.2) is 54.2 Å². The zero-order valence-electron chi connectivity index (χ0n) is 16.2. The van der Waals surface area contributed by atoms with E-state index in [0.29, 0.717) is 5.56 Å². The van der Waals surface area contributed by atoms with Crippen molar-refractivity contribution in [1.29, 1.82) is 0 Å². The van der Waals surface area contributed by atoms with Crippen molar-refractivity contribution in [3.8, 4) is 5.75 Å². The molecular weight excluding hydrogens is 401 g/mol. The average Bonchev–Trinajstić information content (AvgIpc) is 2.92. The number of amides is 2. The number of aryl methyl sites for hydroxylation is 1. The minimum Gasteiger partial charge on any atom is -0.406 e. The SMILES string of the molecule is Cc1ccc(C2=C(N(C)CCO)C(=O)N(c3cccc(OC(F)(F)F)c3)C2=O)cc1. The van der Waals surface area contributed by atoms with Gasteiger partial charge in [-0.2, -0.15) is 0 Å². The summed E-state index contributed by atoms with van der Waals surface area (Å²) in [6, 6.07) is 11.6. The summed E-state index contributed by atoms with van der Waals surface area (Å²) in [5, 5.41) is 9.27. The van der Waals surface area contributed by atoms with E-state index in [1.165, 1.54) is 17.0 Å². The number of benzene rings is 2. The van der Waals surface area contributed by atoms with Crippen molar-refractivity contribution in [1.82, 2.24) is 4.90 Å². The largest absolute Gasteiger partial charge is 0.573 e. The van der Waals surface area contributed by atoms with E-state index in [1.807, 2.05) is 6.92 Å². The molecule has 0 radical (unpaired) electrons. The molecule has 3 rings (SSSR count). The molecule has 9 heteroatoms. The molecule has 1 aliphatic heterocycles. The van der Waals surface area contributed by atoms with Gasteiger partial charge in [-0.25, -0.2) is 4.90 Å². The predicted octanol–water partition coefficient (Wildman–Crippen LogP) is 3.10. The lowest BCUT2D eigenvalue weighted by Gasteiger charge is -2.20. The summed E-state index contributed by atoms with van der Waals surface area (Å²) in [4.78, 5) is 28.6. The first kappa shape index (κ1) is 21.4. The van der Waals surface area contributed by atoms with Crippen molar-refractivity contribution >= 4 is 23.1 Å². The van der Waals surface area contributed by atoms with Gasteiger partial charge >= 0.3 is 6.36 Å². The van der Waals surface area contributed by atoms with Gasteiger partial charge in [0.25, 0.3) is 11.8 Å². The van der Waals surface area contributed by atoms with Crippen LogP contribution in [0.1, 0.15) is 11.1 Å². The number of hydrogen-bond donors (Lipinski definition) is 1. The molecule has 0 fully saturated rings. The summed E-state index contributed by atoms with van der Waals surface area (Å²) in [7, 11) is 1.55. The first-order valence-electron chi connectivity index (χ1n) is 9.00. The van der Waals surface area contributed by atoms with Crippen LogP contribution in [0.2, 0.25) is 0 Å². The normalized spacial score (nSPS) is 14.5. The number of ether oxygens (including phenoxy) is 1. The molecule has 0 spiro atoms. The lowest BCUT2D eigenvalue weighted by Crippen LogP contribution is -2.35. The van der Waals surface area contributed by atoms with Crippen molar-refractivity contribution < 1.29 is 32.6 Å². The molecule has 0 aliphatic carbocycles. The second kappa shape index (κ2) is 8.19. The maximum Gasteiger partial charge on any atom is 0.573 e. The van der Waals surface area contributed by atoms with Crippen molar-refractivity contribution in [2.75, 3.05) is 25.1 Å². The van der Waals surface area contributed by atoms with Gasteiger partial charge in [-0.15, -0.1) is 13.2 Å². The number of carbonyl (C=O) groups excluding carboxylic acids is 2. The third-order valence-electron chi connectivity index (χ3n) is 4.53. The zero-order chi connectivity index (χ0) is 22.1. The number of likely N-dealkylation sites (N-methyl/N-ethyl adjacent to an activating group) is 1. The number of aliphatic hydroxyl groups excluding tert-OH is 1. The van der Waals surface area contributed by atoms with Gasteiger partial charge in [-0.3, -0.25) is 9.59 Å². The topological polar surface area (TPSA) is 70.1 Å². The van der Waals surface area contributed by atoms with Gasteiger partial charge in [-0.1, -0.05) is 35.9 Å². The van der Waals surface area contributed by atoms with Crippen LogP contribution in [0.25, 0.3) is 5.57 Å². The van der Waals surface area contributed by atoms with E-state index in [1.54, 1.807) is 31.3 Å². The van der Waals surface area contributed by atoms with Gasteiger partial charge in [0, 0.05) is 19.7 Å². The highest BCUT2D eigenvalue weighted by molar-refractivity contribution is 6.45. The van der Waals surface area contributed by atoms with Gasteiger partial charge in [0.15, 0.2) is 0 Å². The van der Waals surface area contributed by atoms with Crippen LogP contribution in [0.3, 0.4) is 0 Å². The van der Waals surface area contributed by atoms with Gasteiger partial charge < -0.3 is 14.7 Å². The molecule has 6 nitrogen and oxygen atoms in total. The van der Waals surface area contributed by atoms with E-state index in [9.17, 15) is 27.9 Å². The molecule has 0 unspecified atom stereocenters. The van der Waals surface area contributed by atoms with Gasteiger partial charge in [-0.05, 0) is 24.6 Å². The second-order valence-corrected chi connectivity index (χ2v) is 6.73. The Balaban J connectivity index is 2.06. The van der Waals surface area contributed by atoms with Crippen LogP contribution in [0.4, 0.5) is 18.9 Å². The molecule has 1 aliphatic rings. The highest BCUT2D eigenvalue weighted by Gasteiger charge is 2.42. The molecule has 0 bridgehead atoms. The summed E-state index contributed by atoms with van der Waals surface area (Å²) in [5.41, 5.74) is 1.56. The summed E-state index contributed by atoms with van der Waals surface area (Å²) >= 11 is 0. The summed E-state index contributed by atoms with van der Waals surface area (Å²) in [5.74, 6) is -1.92. The van der Waals surface area contributed by atoms with Crippen LogP contribution < -0.4 is 9.64 Å². The standard InChI is InChI=1S/C21H19F3N2O4/c1-13-6-8-14(9-7-13)17-18(25(2)10-11-27)20(29)26(19(17)28)15-4-3-5-16(12-15)30-21(22,23)24/h3-9,12,27H,10-11H2,1-2H3. The van der Waals surface area contributed by atoms with Crippen LogP contribution in [-0.2, 0) is 9.59 Å². The molecule has 0 aromatic heterocycles. The Bertz CT molecular complexity index is 1000. The Morgan fingerprint density at radius 2 is 1.73 bits per heavy atom. The van der Waals surface area contributed by atoms with E-state index in [-0.39, 0.29) is 30.1 Å². The maximum absolute atomic E-state index is 13.2. The number of alkyl halides is 3. The number of anilines is 1. The number of nitrogens with zero attached hydrogens (tertiary/aromatic N) is 2. The zero-order valence-corrected chi connectivity index (χ0v) is 16.2. The van der Waals surface area contributed by atoms with Gasteiger partial charge in [0.1, 0.15) is 11.4 Å². The van der Waals surface area contributed by atoms with Crippen LogP contribution in [-0.4, -0.2) is 48.4 Å². The summed E-state index contributed by atoms with van der Waals surface area (Å²) < 4.78 is 41.6. The number of rotatable bonds is 6. The van der Waals surface area contributed by atoms with Gasteiger partial charge in [0.05, 0.1) is 17.9 Å². The minimum atomic E-state index is -4.91. The third kappa shape index (κ3) is 4.30. The maximum atomic E-state index is 13.2. The first-order valence-corrected chi connectivity index (χ1v) is 9.00. The number of hydrogen-bond acceptors (Lipinski definition) is 5. The molecule has 1 heterocycles. The fourth-order valence-electron chi connectivity index (χ4n) is 3.17. The Hall–Kier alpha value is -3.33. The fourth-order valence-corrected chi connectivity index (χ4v) is 3.17. The van der Waals surface area contributed by atoms with E-state index in [2.05, 4.69) is 4.74 Å².